The van der Waals surface area contributed by atoms with Gasteiger partial charge < -0.3 is 0 Å². The summed E-state index contributed by atoms with van der Waals surface area (Å²) >= 11 is 0. The molecule has 2 rings (SSSR count). The Hall–Kier alpha value is -2.63. The molecule has 0 aliphatic carbocycles. The highest BCUT2D eigenvalue weighted by molar-refractivity contribution is 5.73. The molecule has 0 spiro atoms. The maximum atomic E-state index is 13.6. The molecule has 0 aromatic heterocycles. The van der Waals surface area contributed by atoms with Crippen molar-refractivity contribution in [2.24, 2.45) is 0 Å². The first kappa shape index (κ1) is 17.7. The Kier molecular flexibility index (Phi) is 4.27. The molecule has 2 aromatic carbocycles. The lowest BCUT2D eigenvalue weighted by Gasteiger charge is -2.19. The second-order valence-corrected chi connectivity index (χ2v) is 4.65. The van der Waals surface area contributed by atoms with Gasteiger partial charge in [0.2, 0.25) is 0 Å². The summed E-state index contributed by atoms with van der Waals surface area (Å²) in [7, 11) is 0. The quantitative estimate of drug-likeness (QED) is 0.619. The zero-order valence-electron chi connectivity index (χ0n) is 11.4. The molecule has 9 heteroatoms. The van der Waals surface area contributed by atoms with Gasteiger partial charge in [-0.05, 0) is 29.8 Å². The Morgan fingerprint density at radius 1 is 0.792 bits per heavy atom. The second-order valence-electron chi connectivity index (χ2n) is 4.65. The van der Waals surface area contributed by atoms with Gasteiger partial charge in [0, 0.05) is 5.56 Å². The standard InChI is InChI=1S/C15H5F8N/c16-11-4-7(5-12(17)8(11)6-24)13-9(14(18,19)20)2-1-3-10(13)15(21,22)23/h1-5H. The van der Waals surface area contributed by atoms with E-state index in [0.717, 1.165) is 6.07 Å². The summed E-state index contributed by atoms with van der Waals surface area (Å²) in [6, 6.07) is 2.96. The number of nitrogens with zero attached hydrogens (tertiary/aromatic N) is 1. The molecule has 2 aromatic rings. The molecule has 0 N–H and O–H groups in total. The topological polar surface area (TPSA) is 23.8 Å². The SMILES string of the molecule is N#Cc1c(F)cc(-c2c(C(F)(F)F)cccc2C(F)(F)F)cc1F. The Bertz CT molecular complexity index is 772. The molecule has 0 aliphatic rings. The summed E-state index contributed by atoms with van der Waals surface area (Å²) in [4.78, 5) is 0. The van der Waals surface area contributed by atoms with Crippen molar-refractivity contribution in [3.63, 3.8) is 0 Å². The van der Waals surface area contributed by atoms with Crippen LogP contribution in [0.5, 0.6) is 0 Å². The Morgan fingerprint density at radius 2 is 1.21 bits per heavy atom. The third-order valence-electron chi connectivity index (χ3n) is 3.12. The van der Waals surface area contributed by atoms with Gasteiger partial charge in [-0.15, -0.1) is 0 Å². The minimum absolute atomic E-state index is 0.265. The smallest absolute Gasteiger partial charge is 0.205 e. The summed E-state index contributed by atoms with van der Waals surface area (Å²) in [6.45, 7) is 0. The first-order valence-corrected chi connectivity index (χ1v) is 6.13. The van der Waals surface area contributed by atoms with E-state index in [0.29, 0.717) is 18.2 Å². The van der Waals surface area contributed by atoms with Crippen LogP contribution in [0, 0.1) is 23.0 Å². The van der Waals surface area contributed by atoms with E-state index in [2.05, 4.69) is 0 Å². The van der Waals surface area contributed by atoms with Crippen LogP contribution in [0.15, 0.2) is 30.3 Å². The predicted octanol–water partition coefficient (Wildman–Crippen LogP) is 5.54. The van der Waals surface area contributed by atoms with Crippen LogP contribution in [0.1, 0.15) is 16.7 Å². The van der Waals surface area contributed by atoms with Crippen LogP contribution in [-0.2, 0) is 12.4 Å². The molecule has 0 fully saturated rings. The summed E-state index contributed by atoms with van der Waals surface area (Å²) in [6.07, 6.45) is -10.4. The van der Waals surface area contributed by atoms with Crippen molar-refractivity contribution < 1.29 is 35.1 Å². The Labute approximate surface area is 129 Å². The van der Waals surface area contributed by atoms with Crippen molar-refractivity contribution in [1.82, 2.24) is 0 Å². The van der Waals surface area contributed by atoms with E-state index in [-0.39, 0.29) is 12.1 Å². The fraction of sp³-hybridized carbons (Fsp3) is 0.133. The maximum absolute atomic E-state index is 13.6. The molecule has 126 valence electrons. The third kappa shape index (κ3) is 3.18. The molecule has 0 radical (unpaired) electrons. The normalized spacial score (nSPS) is 12.1. The summed E-state index contributed by atoms with van der Waals surface area (Å²) in [5.41, 5.74) is -6.86. The molecule has 0 saturated heterocycles. The van der Waals surface area contributed by atoms with Crippen LogP contribution in [0.3, 0.4) is 0 Å². The van der Waals surface area contributed by atoms with Gasteiger partial charge in [-0.3, -0.25) is 0 Å². The van der Waals surface area contributed by atoms with Crippen molar-refractivity contribution in [3.05, 3.63) is 58.7 Å². The average Bonchev–Trinajstić information content (AvgIpc) is 2.44. The third-order valence-corrected chi connectivity index (χ3v) is 3.12. The minimum Gasteiger partial charge on any atom is -0.205 e. The molecule has 0 bridgehead atoms. The summed E-state index contributed by atoms with van der Waals surface area (Å²) < 4.78 is 106. The number of hydrogen-bond acceptors (Lipinski definition) is 1. The van der Waals surface area contributed by atoms with Crippen LogP contribution in [-0.4, -0.2) is 0 Å². The van der Waals surface area contributed by atoms with Gasteiger partial charge in [-0.2, -0.15) is 31.6 Å². The first-order valence-electron chi connectivity index (χ1n) is 6.13. The van der Waals surface area contributed by atoms with Gasteiger partial charge in [0.05, 0.1) is 11.1 Å². The van der Waals surface area contributed by atoms with Crippen molar-refractivity contribution in [3.8, 4) is 17.2 Å². The molecule has 0 unspecified atom stereocenters. The van der Waals surface area contributed by atoms with E-state index in [9.17, 15) is 35.1 Å². The molecule has 0 aliphatic heterocycles. The lowest BCUT2D eigenvalue weighted by molar-refractivity contribution is -0.142. The predicted molar refractivity (Wildman–Crippen MR) is 66.5 cm³/mol. The number of hydrogen-bond donors (Lipinski definition) is 0. The van der Waals surface area contributed by atoms with E-state index >= 15 is 0 Å². The first-order chi connectivity index (χ1) is 11.0. The fourth-order valence-corrected chi connectivity index (χ4v) is 2.16. The van der Waals surface area contributed by atoms with Gasteiger partial charge >= 0.3 is 12.4 Å². The zero-order chi connectivity index (χ0) is 18.3. The number of benzene rings is 2. The van der Waals surface area contributed by atoms with Gasteiger partial charge in [-0.1, -0.05) is 6.07 Å². The zero-order valence-corrected chi connectivity index (χ0v) is 11.4. The number of nitriles is 1. The molecule has 0 heterocycles. The largest absolute Gasteiger partial charge is 0.417 e. The van der Waals surface area contributed by atoms with Gasteiger partial charge in [-0.25, -0.2) is 8.78 Å². The van der Waals surface area contributed by atoms with Crippen LogP contribution >= 0.6 is 0 Å². The Morgan fingerprint density at radius 3 is 1.54 bits per heavy atom. The highest BCUT2D eigenvalue weighted by Crippen LogP contribution is 2.44. The van der Waals surface area contributed by atoms with Crippen LogP contribution < -0.4 is 0 Å². The molecular formula is C15H5F8N. The van der Waals surface area contributed by atoms with Crippen molar-refractivity contribution in [1.29, 1.82) is 5.26 Å². The molecule has 1 nitrogen and oxygen atoms in total. The van der Waals surface area contributed by atoms with Gasteiger partial charge in [0.15, 0.2) is 0 Å². The van der Waals surface area contributed by atoms with E-state index in [1.54, 1.807) is 0 Å². The average molecular weight is 351 g/mol. The maximum Gasteiger partial charge on any atom is 0.417 e. The second kappa shape index (κ2) is 5.78. The highest BCUT2D eigenvalue weighted by Gasteiger charge is 2.41. The van der Waals surface area contributed by atoms with E-state index in [1.165, 1.54) is 0 Å². The van der Waals surface area contributed by atoms with Crippen molar-refractivity contribution in [2.45, 2.75) is 12.4 Å². The lowest BCUT2D eigenvalue weighted by Crippen LogP contribution is -2.14. The Balaban J connectivity index is 2.90. The fourth-order valence-electron chi connectivity index (χ4n) is 2.16. The number of halogens is 8. The van der Waals surface area contributed by atoms with Gasteiger partial charge in [0.25, 0.3) is 0 Å². The van der Waals surface area contributed by atoms with Crippen LogP contribution in [0.25, 0.3) is 11.1 Å². The van der Waals surface area contributed by atoms with Crippen LogP contribution in [0.4, 0.5) is 35.1 Å². The van der Waals surface area contributed by atoms with E-state index in [1.807, 2.05) is 0 Å². The molecular weight excluding hydrogens is 346 g/mol. The summed E-state index contributed by atoms with van der Waals surface area (Å²) in [5, 5.41) is 8.54. The van der Waals surface area contributed by atoms with E-state index in [4.69, 9.17) is 5.26 Å². The van der Waals surface area contributed by atoms with Crippen LogP contribution in [0.2, 0.25) is 0 Å². The number of alkyl halides is 6. The van der Waals surface area contributed by atoms with Gasteiger partial charge in [0.1, 0.15) is 23.3 Å². The molecule has 0 atom stereocenters. The molecule has 0 amide bonds. The molecule has 24 heavy (non-hydrogen) atoms. The van der Waals surface area contributed by atoms with Crippen molar-refractivity contribution in [2.75, 3.05) is 0 Å². The lowest BCUT2D eigenvalue weighted by atomic mass is 9.92. The van der Waals surface area contributed by atoms with E-state index < -0.39 is 51.8 Å². The monoisotopic (exact) mass is 351 g/mol. The highest BCUT2D eigenvalue weighted by atomic mass is 19.4. The molecule has 0 saturated carbocycles. The summed E-state index contributed by atoms with van der Waals surface area (Å²) in [5.74, 6) is -3.12. The van der Waals surface area contributed by atoms with Crippen molar-refractivity contribution >= 4 is 0 Å². The number of rotatable bonds is 1. The minimum atomic E-state index is -5.18.